The Bertz CT molecular complexity index is 612. The number of carbonyl (C=O) groups excluding carboxylic acids is 2. The summed E-state index contributed by atoms with van der Waals surface area (Å²) in [6, 6.07) is 4.00. The summed E-state index contributed by atoms with van der Waals surface area (Å²) in [7, 11) is 0. The second-order valence-corrected chi connectivity index (χ2v) is 4.31. The van der Waals surface area contributed by atoms with Crippen LogP contribution in [-0.2, 0) is 9.59 Å². The summed E-state index contributed by atoms with van der Waals surface area (Å²) in [4.78, 5) is 37.4. The van der Waals surface area contributed by atoms with Gasteiger partial charge in [-0.1, -0.05) is 15.9 Å². The van der Waals surface area contributed by atoms with Gasteiger partial charge in [-0.3, -0.25) is 19.7 Å². The van der Waals surface area contributed by atoms with Gasteiger partial charge in [-0.2, -0.15) is 0 Å². The summed E-state index contributed by atoms with van der Waals surface area (Å²) in [5.41, 5.74) is 0.341. The van der Waals surface area contributed by atoms with E-state index in [0.29, 0.717) is 5.69 Å². The van der Waals surface area contributed by atoms with E-state index in [1.807, 2.05) is 0 Å². The number of non-ortho nitro benzene ring substituents is 1. The van der Waals surface area contributed by atoms with Crippen LogP contribution < -0.4 is 5.32 Å². The second-order valence-electron chi connectivity index (χ2n) is 3.75. The lowest BCUT2D eigenvalue weighted by molar-refractivity contribution is -0.384. The smallest absolute Gasteiger partial charge is 0.271 e. The number of aliphatic imine (C=N–C) groups is 1. The fourth-order valence-corrected chi connectivity index (χ4v) is 1.86. The molecular formula is C11H8BrN3O4. The van der Waals surface area contributed by atoms with Gasteiger partial charge in [0, 0.05) is 12.1 Å². The van der Waals surface area contributed by atoms with Crippen molar-refractivity contribution in [1.82, 2.24) is 0 Å². The topological polar surface area (TPSA) is 102 Å². The molecular weight excluding hydrogens is 318 g/mol. The summed E-state index contributed by atoms with van der Waals surface area (Å²) >= 11 is 2.97. The number of fused-ring (bicyclic) bond motifs is 1. The average molecular weight is 326 g/mol. The monoisotopic (exact) mass is 325 g/mol. The third-order valence-electron chi connectivity index (χ3n) is 2.51. The molecule has 0 spiro atoms. The lowest BCUT2D eigenvalue weighted by Crippen LogP contribution is -2.29. The molecule has 0 unspecified atom stereocenters. The fourth-order valence-electron chi connectivity index (χ4n) is 1.60. The van der Waals surface area contributed by atoms with Crippen LogP contribution in [0.25, 0.3) is 0 Å². The maximum Gasteiger partial charge on any atom is 0.271 e. The molecule has 1 aliphatic heterocycles. The number of hydrogen-bond donors (Lipinski definition) is 1. The summed E-state index contributed by atoms with van der Waals surface area (Å²) < 4.78 is 0. The van der Waals surface area contributed by atoms with Gasteiger partial charge in [0.1, 0.15) is 0 Å². The molecule has 2 rings (SSSR count). The van der Waals surface area contributed by atoms with Crippen molar-refractivity contribution in [3.63, 3.8) is 0 Å². The van der Waals surface area contributed by atoms with Crippen LogP contribution in [0.3, 0.4) is 0 Å². The van der Waals surface area contributed by atoms with Crippen molar-refractivity contribution in [2.45, 2.75) is 0 Å². The van der Waals surface area contributed by atoms with Crippen LogP contribution in [-0.4, -0.2) is 34.1 Å². The van der Waals surface area contributed by atoms with Crippen molar-refractivity contribution in [2.75, 3.05) is 17.2 Å². The van der Waals surface area contributed by atoms with Gasteiger partial charge in [-0.15, -0.1) is 0 Å². The van der Waals surface area contributed by atoms with E-state index in [0.717, 1.165) is 0 Å². The van der Waals surface area contributed by atoms with Gasteiger partial charge in [0.2, 0.25) is 5.78 Å². The Balaban J connectivity index is 2.54. The number of anilines is 1. The van der Waals surface area contributed by atoms with E-state index in [-0.39, 0.29) is 29.0 Å². The molecule has 98 valence electrons. The summed E-state index contributed by atoms with van der Waals surface area (Å²) in [6.45, 7) is -0.0671. The number of halogens is 1. The van der Waals surface area contributed by atoms with E-state index in [2.05, 4.69) is 26.2 Å². The SMILES string of the molecule is O=C(CBr)C1=Nc2cc([N+](=O)[O-])ccc2NCC1=O. The van der Waals surface area contributed by atoms with Crippen LogP contribution in [0.4, 0.5) is 17.1 Å². The van der Waals surface area contributed by atoms with Gasteiger partial charge in [0.05, 0.1) is 28.2 Å². The fraction of sp³-hybridized carbons (Fsp3) is 0.182. The van der Waals surface area contributed by atoms with Crippen molar-refractivity contribution in [3.8, 4) is 0 Å². The molecule has 8 heteroatoms. The van der Waals surface area contributed by atoms with Gasteiger partial charge in [-0.05, 0) is 6.07 Å². The predicted octanol–water partition coefficient (Wildman–Crippen LogP) is 1.63. The molecule has 0 amide bonds. The lowest BCUT2D eigenvalue weighted by atomic mass is 10.2. The molecule has 7 nitrogen and oxygen atoms in total. The minimum absolute atomic E-state index is 0.0260. The van der Waals surface area contributed by atoms with E-state index < -0.39 is 16.5 Å². The van der Waals surface area contributed by atoms with Crippen molar-refractivity contribution >= 4 is 50.3 Å². The molecule has 0 aromatic heterocycles. The van der Waals surface area contributed by atoms with E-state index in [1.54, 1.807) is 0 Å². The van der Waals surface area contributed by atoms with Crippen LogP contribution in [0.5, 0.6) is 0 Å². The Kier molecular flexibility index (Phi) is 3.70. The minimum Gasteiger partial charge on any atom is -0.376 e. The van der Waals surface area contributed by atoms with Gasteiger partial charge in [0.25, 0.3) is 5.69 Å². The number of nitrogens with one attached hydrogen (secondary N) is 1. The normalized spacial score (nSPS) is 13.9. The van der Waals surface area contributed by atoms with Crippen LogP contribution in [0.2, 0.25) is 0 Å². The molecule has 0 aliphatic carbocycles. The zero-order chi connectivity index (χ0) is 14.0. The number of nitro benzene ring substituents is 1. The van der Waals surface area contributed by atoms with Gasteiger partial charge < -0.3 is 5.32 Å². The number of nitro groups is 1. The molecule has 0 radical (unpaired) electrons. The first kappa shape index (κ1) is 13.3. The average Bonchev–Trinajstić information content (AvgIpc) is 2.57. The van der Waals surface area contributed by atoms with E-state index >= 15 is 0 Å². The molecule has 1 aromatic carbocycles. The number of Topliss-reactive ketones (excluding diaryl/α,β-unsaturated/α-hetero) is 2. The number of nitrogens with zero attached hydrogens (tertiary/aromatic N) is 2. The number of rotatable bonds is 3. The van der Waals surface area contributed by atoms with Crippen molar-refractivity contribution in [2.24, 2.45) is 4.99 Å². The third-order valence-corrected chi connectivity index (χ3v) is 3.02. The zero-order valence-electron chi connectivity index (χ0n) is 9.55. The molecule has 0 fully saturated rings. The highest BCUT2D eigenvalue weighted by molar-refractivity contribution is 9.09. The number of alkyl halides is 1. The molecule has 0 saturated heterocycles. The lowest BCUT2D eigenvalue weighted by Gasteiger charge is -2.03. The van der Waals surface area contributed by atoms with Crippen molar-refractivity contribution in [1.29, 1.82) is 0 Å². The van der Waals surface area contributed by atoms with E-state index in [9.17, 15) is 19.7 Å². The third kappa shape index (κ3) is 2.68. The Morgan fingerprint density at radius 2 is 2.26 bits per heavy atom. The van der Waals surface area contributed by atoms with Crippen LogP contribution >= 0.6 is 15.9 Å². The van der Waals surface area contributed by atoms with Gasteiger partial charge in [-0.25, -0.2) is 4.99 Å². The molecule has 1 N–H and O–H groups in total. The van der Waals surface area contributed by atoms with Gasteiger partial charge in [0.15, 0.2) is 11.5 Å². The molecule has 0 atom stereocenters. The molecule has 1 aromatic rings. The number of hydrogen-bond acceptors (Lipinski definition) is 6. The van der Waals surface area contributed by atoms with E-state index in [1.165, 1.54) is 18.2 Å². The Hall–Kier alpha value is -2.09. The second kappa shape index (κ2) is 5.27. The summed E-state index contributed by atoms with van der Waals surface area (Å²) in [5.74, 6) is -0.894. The van der Waals surface area contributed by atoms with Gasteiger partial charge >= 0.3 is 0 Å². The van der Waals surface area contributed by atoms with Crippen LogP contribution in [0.15, 0.2) is 23.2 Å². The molecule has 1 heterocycles. The number of benzene rings is 1. The summed E-state index contributed by atoms with van der Waals surface area (Å²) in [6.07, 6.45) is 0. The maximum absolute atomic E-state index is 11.7. The highest BCUT2D eigenvalue weighted by atomic mass is 79.9. The van der Waals surface area contributed by atoms with Crippen LogP contribution in [0, 0.1) is 10.1 Å². The Morgan fingerprint density at radius 3 is 2.89 bits per heavy atom. The minimum atomic E-state index is -0.561. The molecule has 1 aliphatic rings. The maximum atomic E-state index is 11.7. The standard InChI is InChI=1S/C11H8BrN3O4/c12-4-9(16)11-10(17)5-13-7-2-1-6(15(18)19)3-8(7)14-11/h1-3,13H,4-5H2. The first-order chi connectivity index (χ1) is 9.02. The Morgan fingerprint density at radius 1 is 1.53 bits per heavy atom. The molecule has 0 saturated carbocycles. The molecule has 0 bridgehead atoms. The highest BCUT2D eigenvalue weighted by Crippen LogP contribution is 2.31. The predicted molar refractivity (Wildman–Crippen MR) is 72.5 cm³/mol. The quantitative estimate of drug-likeness (QED) is 0.517. The largest absolute Gasteiger partial charge is 0.376 e. The summed E-state index contributed by atoms with van der Waals surface area (Å²) in [5, 5.41) is 13.5. The first-order valence-corrected chi connectivity index (χ1v) is 6.38. The number of ketones is 2. The molecule has 19 heavy (non-hydrogen) atoms. The zero-order valence-corrected chi connectivity index (χ0v) is 11.1. The highest BCUT2D eigenvalue weighted by Gasteiger charge is 2.23. The Labute approximate surface area is 116 Å². The first-order valence-electron chi connectivity index (χ1n) is 5.26. The van der Waals surface area contributed by atoms with Crippen LogP contribution in [0.1, 0.15) is 0 Å². The van der Waals surface area contributed by atoms with Crippen molar-refractivity contribution in [3.05, 3.63) is 28.3 Å². The van der Waals surface area contributed by atoms with Crippen molar-refractivity contribution < 1.29 is 14.5 Å². The van der Waals surface area contributed by atoms with E-state index in [4.69, 9.17) is 0 Å². The number of carbonyl (C=O) groups is 2.